The van der Waals surface area contributed by atoms with Gasteiger partial charge >= 0.3 is 12.1 Å². The SMILES string of the molecule is CCc1ccc(OCc2c(CC(=O)OC)cccc2C2CC2)c(C(F)(F)F)c1. The number of esters is 1. The molecule has 0 atom stereocenters. The van der Waals surface area contributed by atoms with Crippen LogP contribution in [-0.4, -0.2) is 13.1 Å². The van der Waals surface area contributed by atoms with Gasteiger partial charge in [0.2, 0.25) is 0 Å². The Morgan fingerprint density at radius 2 is 1.93 bits per heavy atom. The topological polar surface area (TPSA) is 35.5 Å². The fourth-order valence-corrected chi connectivity index (χ4v) is 3.30. The fourth-order valence-electron chi connectivity index (χ4n) is 3.30. The lowest BCUT2D eigenvalue weighted by molar-refractivity contribution is -0.140. The predicted molar refractivity (Wildman–Crippen MR) is 99.3 cm³/mol. The first-order valence-electron chi connectivity index (χ1n) is 9.33. The van der Waals surface area contributed by atoms with Gasteiger partial charge in [-0.15, -0.1) is 0 Å². The lowest BCUT2D eigenvalue weighted by Gasteiger charge is -2.18. The number of ether oxygens (including phenoxy) is 2. The molecule has 0 unspecified atom stereocenters. The Bertz CT molecular complexity index is 855. The van der Waals surface area contributed by atoms with Crippen molar-refractivity contribution in [1.82, 2.24) is 0 Å². The summed E-state index contributed by atoms with van der Waals surface area (Å²) in [5.74, 6) is -0.211. The number of alkyl halides is 3. The van der Waals surface area contributed by atoms with Gasteiger partial charge < -0.3 is 9.47 Å². The summed E-state index contributed by atoms with van der Waals surface area (Å²) in [6, 6.07) is 9.78. The maximum Gasteiger partial charge on any atom is 0.419 e. The van der Waals surface area contributed by atoms with Crippen LogP contribution in [0.1, 0.15) is 53.5 Å². The van der Waals surface area contributed by atoms with E-state index in [0.717, 1.165) is 35.6 Å². The molecule has 3 nitrogen and oxygen atoms in total. The Kier molecular flexibility index (Phi) is 5.96. The predicted octanol–water partition coefficient (Wildman–Crippen LogP) is 5.44. The van der Waals surface area contributed by atoms with Crippen molar-refractivity contribution in [3.8, 4) is 5.75 Å². The molecule has 0 bridgehead atoms. The average molecular weight is 392 g/mol. The van der Waals surface area contributed by atoms with Crippen LogP contribution in [0.3, 0.4) is 0 Å². The van der Waals surface area contributed by atoms with Crippen molar-refractivity contribution < 1.29 is 27.4 Å². The molecule has 3 rings (SSSR count). The highest BCUT2D eigenvalue weighted by Crippen LogP contribution is 2.43. The van der Waals surface area contributed by atoms with Crippen molar-refractivity contribution in [2.75, 3.05) is 7.11 Å². The van der Waals surface area contributed by atoms with Crippen LogP contribution in [0.25, 0.3) is 0 Å². The summed E-state index contributed by atoms with van der Waals surface area (Å²) in [6.45, 7) is 1.79. The molecule has 1 saturated carbocycles. The van der Waals surface area contributed by atoms with Crippen molar-refractivity contribution in [3.05, 3.63) is 64.2 Å². The second kappa shape index (κ2) is 8.25. The number of carbonyl (C=O) groups excluding carboxylic acids is 1. The van der Waals surface area contributed by atoms with Crippen LogP contribution < -0.4 is 4.74 Å². The molecule has 0 aromatic heterocycles. The molecule has 0 N–H and O–H groups in total. The Labute approximate surface area is 162 Å². The van der Waals surface area contributed by atoms with E-state index in [9.17, 15) is 18.0 Å². The summed E-state index contributed by atoms with van der Waals surface area (Å²) in [4.78, 5) is 11.7. The molecule has 1 fully saturated rings. The van der Waals surface area contributed by atoms with Gasteiger partial charge in [-0.25, -0.2) is 0 Å². The van der Waals surface area contributed by atoms with E-state index < -0.39 is 17.7 Å². The first kappa shape index (κ1) is 20.2. The Morgan fingerprint density at radius 3 is 2.54 bits per heavy atom. The van der Waals surface area contributed by atoms with E-state index in [1.165, 1.54) is 13.2 Å². The molecule has 0 spiro atoms. The number of rotatable bonds is 7. The average Bonchev–Trinajstić information content (AvgIpc) is 3.51. The molecule has 0 amide bonds. The van der Waals surface area contributed by atoms with Crippen LogP contribution in [-0.2, 0) is 35.2 Å². The van der Waals surface area contributed by atoms with Gasteiger partial charge in [-0.1, -0.05) is 31.2 Å². The van der Waals surface area contributed by atoms with Crippen molar-refractivity contribution in [3.63, 3.8) is 0 Å². The molecule has 0 radical (unpaired) electrons. The largest absolute Gasteiger partial charge is 0.488 e. The van der Waals surface area contributed by atoms with E-state index in [1.807, 2.05) is 12.1 Å². The molecule has 0 saturated heterocycles. The van der Waals surface area contributed by atoms with Gasteiger partial charge in [0.05, 0.1) is 19.1 Å². The Morgan fingerprint density at radius 1 is 1.18 bits per heavy atom. The molecule has 28 heavy (non-hydrogen) atoms. The smallest absolute Gasteiger partial charge is 0.419 e. The normalized spacial score (nSPS) is 14.0. The summed E-state index contributed by atoms with van der Waals surface area (Å²) in [5.41, 5.74) is 2.38. The Hall–Kier alpha value is -2.50. The van der Waals surface area contributed by atoms with Gasteiger partial charge in [0.15, 0.2) is 0 Å². The fraction of sp³-hybridized carbons (Fsp3) is 0.409. The number of halogens is 3. The first-order valence-corrected chi connectivity index (χ1v) is 9.33. The van der Waals surface area contributed by atoms with E-state index in [0.29, 0.717) is 17.9 Å². The maximum absolute atomic E-state index is 13.5. The molecule has 150 valence electrons. The van der Waals surface area contributed by atoms with Crippen LogP contribution in [0.4, 0.5) is 13.2 Å². The number of aryl methyl sites for hydroxylation is 1. The maximum atomic E-state index is 13.5. The van der Waals surface area contributed by atoms with E-state index in [2.05, 4.69) is 0 Å². The minimum absolute atomic E-state index is 0.0203. The third-order valence-corrected chi connectivity index (χ3v) is 5.02. The molecule has 1 aliphatic carbocycles. The monoisotopic (exact) mass is 392 g/mol. The highest BCUT2D eigenvalue weighted by atomic mass is 19.4. The summed E-state index contributed by atoms with van der Waals surface area (Å²) in [5, 5.41) is 0. The standard InChI is InChI=1S/C22H23F3O3/c1-3-14-7-10-20(19(11-14)22(23,24)25)28-13-18-16(12-21(26)27-2)5-4-6-17(18)15-8-9-15/h4-7,10-11,15H,3,8-9,12-13H2,1-2H3. The van der Waals surface area contributed by atoms with Crippen molar-refractivity contribution in [2.24, 2.45) is 0 Å². The van der Waals surface area contributed by atoms with Crippen molar-refractivity contribution in [2.45, 2.75) is 51.3 Å². The van der Waals surface area contributed by atoms with Crippen LogP contribution in [0.5, 0.6) is 5.75 Å². The van der Waals surface area contributed by atoms with Crippen LogP contribution in [0.15, 0.2) is 36.4 Å². The van der Waals surface area contributed by atoms with E-state index in [1.54, 1.807) is 19.1 Å². The van der Waals surface area contributed by atoms with Gasteiger partial charge in [0.1, 0.15) is 12.4 Å². The van der Waals surface area contributed by atoms with E-state index in [4.69, 9.17) is 9.47 Å². The molecule has 0 heterocycles. The second-order valence-electron chi connectivity index (χ2n) is 6.98. The van der Waals surface area contributed by atoms with Crippen LogP contribution in [0.2, 0.25) is 0 Å². The zero-order valence-electron chi connectivity index (χ0n) is 15.9. The highest BCUT2D eigenvalue weighted by molar-refractivity contribution is 5.73. The molecule has 1 aliphatic rings. The van der Waals surface area contributed by atoms with Gasteiger partial charge in [-0.3, -0.25) is 4.79 Å². The lowest BCUT2D eigenvalue weighted by atomic mass is 9.96. The minimum atomic E-state index is -4.49. The number of methoxy groups -OCH3 is 1. The molecule has 2 aromatic carbocycles. The summed E-state index contributed by atoms with van der Waals surface area (Å²) in [6.07, 6.45) is -1.85. The van der Waals surface area contributed by atoms with Crippen molar-refractivity contribution >= 4 is 5.97 Å². The third kappa shape index (κ3) is 4.66. The lowest BCUT2D eigenvalue weighted by Crippen LogP contribution is -2.13. The molecular weight excluding hydrogens is 369 g/mol. The van der Waals surface area contributed by atoms with E-state index >= 15 is 0 Å². The van der Waals surface area contributed by atoms with Crippen LogP contribution >= 0.6 is 0 Å². The molecule has 6 heteroatoms. The van der Waals surface area contributed by atoms with Gasteiger partial charge in [-0.05, 0) is 59.6 Å². The van der Waals surface area contributed by atoms with Gasteiger partial charge in [0, 0.05) is 0 Å². The van der Waals surface area contributed by atoms with Gasteiger partial charge in [0.25, 0.3) is 0 Å². The van der Waals surface area contributed by atoms with Gasteiger partial charge in [-0.2, -0.15) is 13.2 Å². The summed E-state index contributed by atoms with van der Waals surface area (Å²) in [7, 11) is 1.31. The van der Waals surface area contributed by atoms with Crippen molar-refractivity contribution in [1.29, 1.82) is 0 Å². The number of hydrogen-bond donors (Lipinski definition) is 0. The summed E-state index contributed by atoms with van der Waals surface area (Å²) >= 11 is 0. The zero-order chi connectivity index (χ0) is 20.3. The molecule has 0 aliphatic heterocycles. The molecular formula is C22H23F3O3. The molecule has 2 aromatic rings. The quantitative estimate of drug-likeness (QED) is 0.589. The summed E-state index contributed by atoms with van der Waals surface area (Å²) < 4.78 is 50.8. The second-order valence-corrected chi connectivity index (χ2v) is 6.98. The minimum Gasteiger partial charge on any atom is -0.488 e. The number of hydrogen-bond acceptors (Lipinski definition) is 3. The third-order valence-electron chi connectivity index (χ3n) is 5.02. The highest BCUT2D eigenvalue weighted by Gasteiger charge is 2.35. The number of benzene rings is 2. The first-order chi connectivity index (χ1) is 13.3. The Balaban J connectivity index is 1.91. The zero-order valence-corrected chi connectivity index (χ0v) is 15.9. The number of carbonyl (C=O) groups is 1. The van der Waals surface area contributed by atoms with E-state index in [-0.39, 0.29) is 18.8 Å². The van der Waals surface area contributed by atoms with Crippen LogP contribution in [0, 0.1) is 0 Å².